The number of aliphatic hydroxyl groups is 1. The van der Waals surface area contributed by atoms with Gasteiger partial charge in [-0.3, -0.25) is 9.59 Å². The summed E-state index contributed by atoms with van der Waals surface area (Å²) in [6.45, 7) is 2.46. The predicted molar refractivity (Wildman–Crippen MR) is 108 cm³/mol. The minimum absolute atomic E-state index is 0.0795. The summed E-state index contributed by atoms with van der Waals surface area (Å²) in [5.74, 6) is 0.507. The SMILES string of the molecule is C/C=C\c1c(C(O)CNCc2ccc(C=O)cc2OC)ccc(O)c1NC=O. The van der Waals surface area contributed by atoms with Crippen molar-refractivity contribution in [3.63, 3.8) is 0 Å². The molecule has 1 amide bonds. The third-order valence-electron chi connectivity index (χ3n) is 4.25. The number of hydrogen-bond acceptors (Lipinski definition) is 6. The third kappa shape index (κ3) is 4.97. The fraction of sp³-hybridized carbons (Fsp3) is 0.238. The number of aromatic hydroxyl groups is 1. The second-order valence-electron chi connectivity index (χ2n) is 6.06. The minimum Gasteiger partial charge on any atom is -0.506 e. The maximum atomic E-state index is 10.9. The van der Waals surface area contributed by atoms with Gasteiger partial charge in [-0.2, -0.15) is 0 Å². The zero-order valence-electron chi connectivity index (χ0n) is 15.8. The third-order valence-corrected chi connectivity index (χ3v) is 4.25. The van der Waals surface area contributed by atoms with E-state index < -0.39 is 6.10 Å². The molecule has 7 heteroatoms. The largest absolute Gasteiger partial charge is 0.506 e. The van der Waals surface area contributed by atoms with Gasteiger partial charge in [0.15, 0.2) is 0 Å². The Kier molecular flexibility index (Phi) is 7.74. The van der Waals surface area contributed by atoms with Gasteiger partial charge in [-0.1, -0.05) is 30.4 Å². The van der Waals surface area contributed by atoms with Gasteiger partial charge < -0.3 is 25.6 Å². The van der Waals surface area contributed by atoms with Gasteiger partial charge >= 0.3 is 0 Å². The van der Waals surface area contributed by atoms with Crippen molar-refractivity contribution in [2.75, 3.05) is 19.0 Å². The summed E-state index contributed by atoms with van der Waals surface area (Å²) in [5, 5.41) is 26.2. The molecule has 0 radical (unpaired) electrons. The first-order chi connectivity index (χ1) is 13.5. The highest BCUT2D eigenvalue weighted by Crippen LogP contribution is 2.34. The van der Waals surface area contributed by atoms with Gasteiger partial charge in [0.25, 0.3) is 0 Å². The van der Waals surface area contributed by atoms with E-state index in [2.05, 4.69) is 10.6 Å². The smallest absolute Gasteiger partial charge is 0.211 e. The Balaban J connectivity index is 2.15. The number of hydrogen-bond donors (Lipinski definition) is 4. The van der Waals surface area contributed by atoms with Gasteiger partial charge in [-0.25, -0.2) is 0 Å². The summed E-state index contributed by atoms with van der Waals surface area (Å²) in [6, 6.07) is 8.19. The van der Waals surface area contributed by atoms with E-state index in [1.54, 1.807) is 43.3 Å². The summed E-state index contributed by atoms with van der Waals surface area (Å²) in [5.41, 5.74) is 2.72. The van der Waals surface area contributed by atoms with Crippen LogP contribution in [0.5, 0.6) is 11.5 Å². The monoisotopic (exact) mass is 384 g/mol. The predicted octanol–water partition coefficient (Wildman–Crippen LogP) is 2.64. The summed E-state index contributed by atoms with van der Waals surface area (Å²) >= 11 is 0. The number of rotatable bonds is 10. The van der Waals surface area contributed by atoms with E-state index in [0.29, 0.717) is 35.4 Å². The molecule has 0 spiro atoms. The average Bonchev–Trinajstić information content (AvgIpc) is 2.71. The lowest BCUT2D eigenvalue weighted by atomic mass is 9.99. The number of ether oxygens (including phenoxy) is 1. The van der Waals surface area contributed by atoms with Crippen LogP contribution in [0.3, 0.4) is 0 Å². The number of nitrogens with one attached hydrogen (secondary N) is 2. The number of phenolic OH excluding ortho intramolecular Hbond substituents is 1. The number of benzene rings is 2. The average molecular weight is 384 g/mol. The molecule has 4 N–H and O–H groups in total. The topological polar surface area (TPSA) is 108 Å². The van der Waals surface area contributed by atoms with Crippen LogP contribution < -0.4 is 15.4 Å². The fourth-order valence-electron chi connectivity index (χ4n) is 2.91. The maximum absolute atomic E-state index is 10.9. The number of allylic oxidation sites excluding steroid dienone is 1. The van der Waals surface area contributed by atoms with Crippen molar-refractivity contribution in [2.24, 2.45) is 0 Å². The first-order valence-electron chi connectivity index (χ1n) is 8.75. The summed E-state index contributed by atoms with van der Waals surface area (Å²) in [6.07, 6.45) is 3.83. The number of aliphatic hydroxyl groups excluding tert-OH is 1. The van der Waals surface area contributed by atoms with E-state index in [-0.39, 0.29) is 18.0 Å². The molecule has 0 saturated carbocycles. The number of anilines is 1. The van der Waals surface area contributed by atoms with Crippen molar-refractivity contribution in [3.05, 3.63) is 58.7 Å². The standard InChI is InChI=1S/C21H24N2O5/c1-3-4-17-16(7-8-18(26)21(17)23-13-25)19(27)11-22-10-15-6-5-14(12-24)9-20(15)28-2/h3-9,12-13,19,22,26-27H,10-11H2,1-2H3,(H,23,25)/b4-3-. The number of carbonyl (C=O) groups excluding carboxylic acids is 2. The van der Waals surface area contributed by atoms with Crippen molar-refractivity contribution in [2.45, 2.75) is 19.6 Å². The van der Waals surface area contributed by atoms with E-state index in [4.69, 9.17) is 4.74 Å². The molecule has 0 aliphatic rings. The lowest BCUT2D eigenvalue weighted by Crippen LogP contribution is -2.22. The van der Waals surface area contributed by atoms with Crippen LogP contribution >= 0.6 is 0 Å². The molecule has 2 aromatic rings. The number of methoxy groups -OCH3 is 1. The molecule has 0 bridgehead atoms. The first-order valence-corrected chi connectivity index (χ1v) is 8.75. The van der Waals surface area contributed by atoms with Crippen LogP contribution in [-0.2, 0) is 11.3 Å². The van der Waals surface area contributed by atoms with Crippen LogP contribution in [0.4, 0.5) is 5.69 Å². The van der Waals surface area contributed by atoms with Crippen molar-refractivity contribution in [1.29, 1.82) is 0 Å². The molecule has 1 atom stereocenters. The second-order valence-corrected chi connectivity index (χ2v) is 6.06. The van der Waals surface area contributed by atoms with Crippen LogP contribution in [0.25, 0.3) is 6.08 Å². The Morgan fingerprint density at radius 3 is 2.64 bits per heavy atom. The van der Waals surface area contributed by atoms with E-state index in [9.17, 15) is 19.8 Å². The highest BCUT2D eigenvalue weighted by atomic mass is 16.5. The Morgan fingerprint density at radius 1 is 1.21 bits per heavy atom. The summed E-state index contributed by atoms with van der Waals surface area (Å²) in [7, 11) is 1.53. The molecule has 1 unspecified atom stereocenters. The van der Waals surface area contributed by atoms with Gasteiger partial charge in [-0.15, -0.1) is 0 Å². The van der Waals surface area contributed by atoms with Crippen molar-refractivity contribution in [1.82, 2.24) is 5.32 Å². The molecule has 0 heterocycles. The van der Waals surface area contributed by atoms with Crippen LogP contribution in [-0.4, -0.2) is 36.6 Å². The molecular formula is C21H24N2O5. The zero-order valence-corrected chi connectivity index (χ0v) is 15.8. The lowest BCUT2D eigenvalue weighted by molar-refractivity contribution is -0.105. The molecule has 7 nitrogen and oxygen atoms in total. The van der Waals surface area contributed by atoms with E-state index in [1.165, 1.54) is 13.2 Å². The Labute approximate surface area is 163 Å². The Bertz CT molecular complexity index is 864. The highest BCUT2D eigenvalue weighted by Gasteiger charge is 2.17. The molecule has 0 aliphatic heterocycles. The first kappa shape index (κ1) is 21.1. The fourth-order valence-corrected chi connectivity index (χ4v) is 2.91. The van der Waals surface area contributed by atoms with Crippen molar-refractivity contribution in [3.8, 4) is 11.5 Å². The van der Waals surface area contributed by atoms with Gasteiger partial charge in [0.2, 0.25) is 6.41 Å². The highest BCUT2D eigenvalue weighted by molar-refractivity contribution is 5.84. The van der Waals surface area contributed by atoms with Crippen LogP contribution in [0, 0.1) is 0 Å². The number of carbonyl (C=O) groups is 2. The van der Waals surface area contributed by atoms with E-state index in [0.717, 1.165) is 11.8 Å². The zero-order chi connectivity index (χ0) is 20.5. The normalized spacial score (nSPS) is 12.0. The van der Waals surface area contributed by atoms with Gasteiger partial charge in [0.05, 0.1) is 18.9 Å². The number of aldehydes is 1. The molecule has 0 aromatic heterocycles. The van der Waals surface area contributed by atoms with E-state index in [1.807, 2.05) is 0 Å². The Hall–Kier alpha value is -3.16. The minimum atomic E-state index is -0.876. The molecule has 28 heavy (non-hydrogen) atoms. The number of amides is 1. The van der Waals surface area contributed by atoms with Crippen molar-refractivity contribution < 1.29 is 24.5 Å². The van der Waals surface area contributed by atoms with Crippen molar-refractivity contribution >= 4 is 24.5 Å². The molecular weight excluding hydrogens is 360 g/mol. The number of phenols is 1. The second kappa shape index (κ2) is 10.2. The molecule has 2 rings (SSSR count). The summed E-state index contributed by atoms with van der Waals surface area (Å²) < 4.78 is 5.30. The molecule has 0 fully saturated rings. The Morgan fingerprint density at radius 2 is 2.00 bits per heavy atom. The van der Waals surface area contributed by atoms with Crippen LogP contribution in [0.15, 0.2) is 36.4 Å². The van der Waals surface area contributed by atoms with Gasteiger partial charge in [-0.05, 0) is 24.6 Å². The quantitative estimate of drug-likeness (QED) is 0.370. The molecule has 0 aliphatic carbocycles. The van der Waals surface area contributed by atoms with E-state index >= 15 is 0 Å². The maximum Gasteiger partial charge on any atom is 0.211 e. The van der Waals surface area contributed by atoms with Crippen LogP contribution in [0.1, 0.15) is 40.1 Å². The van der Waals surface area contributed by atoms with Crippen LogP contribution in [0.2, 0.25) is 0 Å². The van der Waals surface area contributed by atoms with Gasteiger partial charge in [0, 0.05) is 29.8 Å². The molecule has 148 valence electrons. The van der Waals surface area contributed by atoms with Gasteiger partial charge in [0.1, 0.15) is 17.8 Å². The summed E-state index contributed by atoms with van der Waals surface area (Å²) in [4.78, 5) is 21.7. The lowest BCUT2D eigenvalue weighted by Gasteiger charge is -2.18. The molecule has 2 aromatic carbocycles. The molecule has 0 saturated heterocycles.